The maximum atomic E-state index is 5.45. The van der Waals surface area contributed by atoms with E-state index in [9.17, 15) is 0 Å². The van der Waals surface area contributed by atoms with Crippen molar-refractivity contribution < 1.29 is 9.47 Å². The molecule has 0 spiro atoms. The third-order valence-electron chi connectivity index (χ3n) is 3.87. The minimum Gasteiger partial charge on any atom is -0.497 e. The number of hydrogen-bond acceptors (Lipinski definition) is 5. The average molecular weight is 326 g/mol. The first-order chi connectivity index (χ1) is 11.7. The van der Waals surface area contributed by atoms with Gasteiger partial charge in [-0.15, -0.1) is 0 Å². The van der Waals surface area contributed by atoms with Crippen LogP contribution in [0.25, 0.3) is 10.9 Å². The lowest BCUT2D eigenvalue weighted by Gasteiger charge is -2.04. The Balaban J connectivity index is 1.62. The molecule has 126 valence electrons. The fourth-order valence-corrected chi connectivity index (χ4v) is 2.62. The van der Waals surface area contributed by atoms with Crippen LogP contribution in [0.1, 0.15) is 17.7 Å². The fourth-order valence-electron chi connectivity index (χ4n) is 2.62. The van der Waals surface area contributed by atoms with Gasteiger partial charge in [-0.2, -0.15) is 0 Å². The van der Waals surface area contributed by atoms with Crippen LogP contribution in [0.3, 0.4) is 0 Å². The molecular weight excluding hydrogens is 304 g/mol. The Bertz CT molecular complexity index is 812. The second kappa shape index (κ2) is 7.21. The van der Waals surface area contributed by atoms with E-state index in [0.29, 0.717) is 5.95 Å². The number of benzene rings is 1. The summed E-state index contributed by atoms with van der Waals surface area (Å²) < 4.78 is 10.8. The summed E-state index contributed by atoms with van der Waals surface area (Å²) >= 11 is 0. The lowest BCUT2D eigenvalue weighted by molar-refractivity contribution is 0.398. The molecular formula is C18H22N4O2. The van der Waals surface area contributed by atoms with Crippen LogP contribution in [-0.4, -0.2) is 35.7 Å². The van der Waals surface area contributed by atoms with E-state index in [1.165, 1.54) is 5.69 Å². The zero-order chi connectivity index (χ0) is 16.9. The molecule has 0 saturated heterocycles. The minimum atomic E-state index is 0.670. The Morgan fingerprint density at radius 1 is 1.08 bits per heavy atom. The summed E-state index contributed by atoms with van der Waals surface area (Å²) in [4.78, 5) is 11.9. The number of rotatable bonds is 7. The first-order valence-corrected chi connectivity index (χ1v) is 7.95. The Morgan fingerprint density at radius 2 is 1.88 bits per heavy atom. The first kappa shape index (κ1) is 16.1. The molecule has 2 heterocycles. The van der Waals surface area contributed by atoms with Gasteiger partial charge in [0.25, 0.3) is 0 Å². The monoisotopic (exact) mass is 326 g/mol. The van der Waals surface area contributed by atoms with E-state index in [1.54, 1.807) is 14.2 Å². The summed E-state index contributed by atoms with van der Waals surface area (Å²) in [6.45, 7) is 2.79. The highest BCUT2D eigenvalue weighted by Gasteiger charge is 2.09. The van der Waals surface area contributed by atoms with Crippen LogP contribution in [0.4, 0.5) is 5.95 Å². The molecule has 24 heavy (non-hydrogen) atoms. The molecule has 2 aromatic heterocycles. The molecule has 0 unspecified atom stereocenters. The highest BCUT2D eigenvalue weighted by Crippen LogP contribution is 2.31. The van der Waals surface area contributed by atoms with Crippen molar-refractivity contribution in [3.8, 4) is 11.5 Å². The Labute approximate surface area is 141 Å². The summed E-state index contributed by atoms with van der Waals surface area (Å²) in [5.74, 6) is 2.27. The van der Waals surface area contributed by atoms with Crippen molar-refractivity contribution in [3.63, 3.8) is 0 Å². The first-order valence-electron chi connectivity index (χ1n) is 7.95. The van der Waals surface area contributed by atoms with Crippen molar-refractivity contribution in [1.82, 2.24) is 15.0 Å². The SMILES string of the molecule is COc1cc(OC)c2cc(CCCNc3ncc(C)cn3)[nH]c2c1. The normalized spacial score (nSPS) is 10.8. The van der Waals surface area contributed by atoms with Crippen LogP contribution in [-0.2, 0) is 6.42 Å². The second-order valence-electron chi connectivity index (χ2n) is 5.70. The number of hydrogen-bond donors (Lipinski definition) is 2. The van der Waals surface area contributed by atoms with Gasteiger partial charge in [-0.1, -0.05) is 0 Å². The molecule has 1 aromatic carbocycles. The molecule has 3 aromatic rings. The molecule has 0 saturated carbocycles. The number of fused-ring (bicyclic) bond motifs is 1. The van der Waals surface area contributed by atoms with Crippen molar-refractivity contribution in [1.29, 1.82) is 0 Å². The maximum Gasteiger partial charge on any atom is 0.222 e. The third-order valence-corrected chi connectivity index (χ3v) is 3.87. The quantitative estimate of drug-likeness (QED) is 0.652. The van der Waals surface area contributed by atoms with Crippen molar-refractivity contribution in [2.45, 2.75) is 19.8 Å². The summed E-state index contributed by atoms with van der Waals surface area (Å²) in [6.07, 6.45) is 5.53. The minimum absolute atomic E-state index is 0.670. The highest BCUT2D eigenvalue weighted by atomic mass is 16.5. The zero-order valence-corrected chi connectivity index (χ0v) is 14.2. The molecule has 0 amide bonds. The number of nitrogens with zero attached hydrogens (tertiary/aromatic N) is 2. The van der Waals surface area contributed by atoms with E-state index in [2.05, 4.69) is 26.3 Å². The Hall–Kier alpha value is -2.76. The molecule has 0 aliphatic carbocycles. The Kier molecular flexibility index (Phi) is 4.84. The summed E-state index contributed by atoms with van der Waals surface area (Å²) in [6, 6.07) is 6.02. The molecule has 2 N–H and O–H groups in total. The van der Waals surface area contributed by atoms with Gasteiger partial charge in [0, 0.05) is 42.2 Å². The summed E-state index contributed by atoms with van der Waals surface area (Å²) in [7, 11) is 3.33. The lowest BCUT2D eigenvalue weighted by atomic mass is 10.2. The fraction of sp³-hybridized carbons (Fsp3) is 0.333. The van der Waals surface area contributed by atoms with Gasteiger partial charge < -0.3 is 19.8 Å². The average Bonchev–Trinajstić information content (AvgIpc) is 3.02. The van der Waals surface area contributed by atoms with Crippen LogP contribution in [0.5, 0.6) is 11.5 Å². The largest absolute Gasteiger partial charge is 0.497 e. The number of methoxy groups -OCH3 is 2. The number of ether oxygens (including phenoxy) is 2. The predicted molar refractivity (Wildman–Crippen MR) is 95.0 cm³/mol. The van der Waals surface area contributed by atoms with Gasteiger partial charge in [-0.05, 0) is 31.4 Å². The van der Waals surface area contributed by atoms with Crippen molar-refractivity contribution in [2.75, 3.05) is 26.1 Å². The highest BCUT2D eigenvalue weighted by molar-refractivity contribution is 5.88. The van der Waals surface area contributed by atoms with Gasteiger partial charge in [-0.3, -0.25) is 0 Å². The van der Waals surface area contributed by atoms with E-state index >= 15 is 0 Å². The van der Waals surface area contributed by atoms with Crippen LogP contribution >= 0.6 is 0 Å². The van der Waals surface area contributed by atoms with Crippen LogP contribution < -0.4 is 14.8 Å². The molecule has 0 fully saturated rings. The van der Waals surface area contributed by atoms with Gasteiger partial charge in [0.15, 0.2) is 0 Å². The number of nitrogens with one attached hydrogen (secondary N) is 2. The van der Waals surface area contributed by atoms with Crippen LogP contribution in [0, 0.1) is 6.92 Å². The third kappa shape index (κ3) is 3.59. The van der Waals surface area contributed by atoms with Gasteiger partial charge in [0.1, 0.15) is 11.5 Å². The van der Waals surface area contributed by atoms with Crippen molar-refractivity contribution in [2.24, 2.45) is 0 Å². The molecule has 6 heteroatoms. The molecule has 0 atom stereocenters. The van der Waals surface area contributed by atoms with Crippen LogP contribution in [0.15, 0.2) is 30.6 Å². The van der Waals surface area contributed by atoms with E-state index in [-0.39, 0.29) is 0 Å². The number of anilines is 1. The topological polar surface area (TPSA) is 72.1 Å². The van der Waals surface area contributed by atoms with E-state index in [4.69, 9.17) is 9.47 Å². The lowest BCUT2D eigenvalue weighted by Crippen LogP contribution is -2.06. The number of H-pyrrole nitrogens is 1. The Morgan fingerprint density at radius 3 is 2.58 bits per heavy atom. The standard InChI is InChI=1S/C18H22N4O2/c1-12-10-20-18(21-11-12)19-6-4-5-13-7-15-16(22-13)8-14(23-2)9-17(15)24-3/h7-11,22H,4-6H2,1-3H3,(H,19,20,21). The summed E-state index contributed by atoms with van der Waals surface area (Å²) in [5.41, 5.74) is 3.25. The number of aryl methyl sites for hydroxylation is 2. The van der Waals surface area contributed by atoms with Crippen molar-refractivity contribution >= 4 is 16.9 Å². The molecule has 3 rings (SSSR count). The van der Waals surface area contributed by atoms with Gasteiger partial charge in [0.2, 0.25) is 5.95 Å². The molecule has 0 aliphatic heterocycles. The van der Waals surface area contributed by atoms with Crippen molar-refractivity contribution in [3.05, 3.63) is 41.9 Å². The van der Waals surface area contributed by atoms with Gasteiger partial charge in [-0.25, -0.2) is 9.97 Å². The van der Waals surface area contributed by atoms with E-state index < -0.39 is 0 Å². The maximum absolute atomic E-state index is 5.45. The van der Waals surface area contributed by atoms with Gasteiger partial charge in [0.05, 0.1) is 19.7 Å². The number of aromatic amines is 1. The second-order valence-corrected chi connectivity index (χ2v) is 5.70. The predicted octanol–water partition coefficient (Wildman–Crippen LogP) is 3.33. The molecule has 0 bridgehead atoms. The van der Waals surface area contributed by atoms with Crippen LogP contribution in [0.2, 0.25) is 0 Å². The van der Waals surface area contributed by atoms with Gasteiger partial charge >= 0.3 is 0 Å². The zero-order valence-electron chi connectivity index (χ0n) is 14.2. The summed E-state index contributed by atoms with van der Waals surface area (Å²) in [5, 5.41) is 4.31. The number of aromatic nitrogens is 3. The molecule has 0 radical (unpaired) electrons. The smallest absolute Gasteiger partial charge is 0.222 e. The molecule has 0 aliphatic rings. The van der Waals surface area contributed by atoms with E-state index in [1.807, 2.05) is 31.5 Å². The van der Waals surface area contributed by atoms with E-state index in [0.717, 1.165) is 47.4 Å². The molecule has 6 nitrogen and oxygen atoms in total.